The van der Waals surface area contributed by atoms with E-state index in [1.54, 1.807) is 0 Å². The molecule has 0 radical (unpaired) electrons. The maximum Gasteiger partial charge on any atom is 0.0406 e. The highest BCUT2D eigenvalue weighted by Crippen LogP contribution is 2.30. The molecule has 0 atom stereocenters. The standard InChI is InChI=1S/C18H12BrCl/c19-17-11-15(13-4-2-1-3-5-13)10-16(12-17)14-6-8-18(20)9-7-14/h1-12H. The van der Waals surface area contributed by atoms with E-state index in [2.05, 4.69) is 58.4 Å². The van der Waals surface area contributed by atoms with Gasteiger partial charge in [-0.3, -0.25) is 0 Å². The molecule has 0 fully saturated rings. The molecule has 0 unspecified atom stereocenters. The zero-order chi connectivity index (χ0) is 13.9. The van der Waals surface area contributed by atoms with Gasteiger partial charge >= 0.3 is 0 Å². The van der Waals surface area contributed by atoms with Gasteiger partial charge in [0.15, 0.2) is 0 Å². The minimum atomic E-state index is 0.757. The summed E-state index contributed by atoms with van der Waals surface area (Å²) < 4.78 is 1.07. The molecule has 0 aromatic heterocycles. The largest absolute Gasteiger partial charge is 0.0843 e. The van der Waals surface area contributed by atoms with E-state index in [1.807, 2.05) is 30.3 Å². The topological polar surface area (TPSA) is 0 Å². The molecule has 0 aliphatic rings. The van der Waals surface area contributed by atoms with Crippen LogP contribution in [-0.2, 0) is 0 Å². The third-order valence-electron chi connectivity index (χ3n) is 3.18. The van der Waals surface area contributed by atoms with Crippen molar-refractivity contribution in [1.82, 2.24) is 0 Å². The van der Waals surface area contributed by atoms with Gasteiger partial charge in [0, 0.05) is 9.50 Å². The molecule has 0 heterocycles. The fraction of sp³-hybridized carbons (Fsp3) is 0. The van der Waals surface area contributed by atoms with Crippen LogP contribution in [0.1, 0.15) is 0 Å². The van der Waals surface area contributed by atoms with Crippen molar-refractivity contribution in [2.45, 2.75) is 0 Å². The zero-order valence-corrected chi connectivity index (χ0v) is 13.0. The van der Waals surface area contributed by atoms with Crippen LogP contribution in [-0.4, -0.2) is 0 Å². The van der Waals surface area contributed by atoms with Crippen LogP contribution in [0, 0.1) is 0 Å². The van der Waals surface area contributed by atoms with Crippen molar-refractivity contribution in [3.63, 3.8) is 0 Å². The Morgan fingerprint density at radius 3 is 1.75 bits per heavy atom. The molecule has 0 aliphatic heterocycles. The van der Waals surface area contributed by atoms with E-state index in [0.717, 1.165) is 15.1 Å². The first-order chi connectivity index (χ1) is 9.72. The van der Waals surface area contributed by atoms with Crippen molar-refractivity contribution in [2.24, 2.45) is 0 Å². The predicted molar refractivity (Wildman–Crippen MR) is 90.0 cm³/mol. The molecule has 0 nitrogen and oxygen atoms in total. The van der Waals surface area contributed by atoms with Gasteiger partial charge in [0.2, 0.25) is 0 Å². The second kappa shape index (κ2) is 5.82. The first kappa shape index (κ1) is 13.4. The smallest absolute Gasteiger partial charge is 0.0406 e. The van der Waals surface area contributed by atoms with Crippen LogP contribution < -0.4 is 0 Å². The third kappa shape index (κ3) is 2.95. The van der Waals surface area contributed by atoms with E-state index in [1.165, 1.54) is 16.7 Å². The molecule has 0 aliphatic carbocycles. The lowest BCUT2D eigenvalue weighted by atomic mass is 9.99. The molecule has 0 amide bonds. The Balaban J connectivity index is 2.09. The van der Waals surface area contributed by atoms with Crippen molar-refractivity contribution in [2.75, 3.05) is 0 Å². The maximum atomic E-state index is 5.95. The summed E-state index contributed by atoms with van der Waals surface area (Å²) in [6.45, 7) is 0. The third-order valence-corrected chi connectivity index (χ3v) is 3.89. The Hall–Kier alpha value is -1.57. The van der Waals surface area contributed by atoms with Crippen LogP contribution in [0.5, 0.6) is 0 Å². The summed E-state index contributed by atoms with van der Waals surface area (Å²) in [5.41, 5.74) is 4.75. The van der Waals surface area contributed by atoms with Crippen LogP contribution in [0.25, 0.3) is 22.3 Å². The fourth-order valence-electron chi connectivity index (χ4n) is 2.20. The van der Waals surface area contributed by atoms with Gasteiger partial charge in [-0.15, -0.1) is 0 Å². The maximum absolute atomic E-state index is 5.95. The average molecular weight is 344 g/mol. The van der Waals surface area contributed by atoms with Crippen LogP contribution >= 0.6 is 27.5 Å². The van der Waals surface area contributed by atoms with Gasteiger partial charge in [-0.2, -0.15) is 0 Å². The monoisotopic (exact) mass is 342 g/mol. The Morgan fingerprint density at radius 1 is 0.600 bits per heavy atom. The van der Waals surface area contributed by atoms with Gasteiger partial charge < -0.3 is 0 Å². The normalized spacial score (nSPS) is 10.5. The molecule has 0 spiro atoms. The highest BCUT2D eigenvalue weighted by atomic mass is 79.9. The van der Waals surface area contributed by atoms with Crippen molar-refractivity contribution in [1.29, 1.82) is 0 Å². The number of hydrogen-bond acceptors (Lipinski definition) is 0. The number of halogens is 2. The molecule has 0 saturated carbocycles. The Labute approximate surface area is 132 Å². The number of rotatable bonds is 2. The predicted octanol–water partition coefficient (Wildman–Crippen LogP) is 6.44. The molecule has 20 heavy (non-hydrogen) atoms. The van der Waals surface area contributed by atoms with E-state index in [-0.39, 0.29) is 0 Å². The van der Waals surface area contributed by atoms with E-state index in [9.17, 15) is 0 Å². The summed E-state index contributed by atoms with van der Waals surface area (Å²) in [6, 6.07) is 24.7. The summed E-state index contributed by atoms with van der Waals surface area (Å²) in [5.74, 6) is 0. The summed E-state index contributed by atoms with van der Waals surface area (Å²) in [4.78, 5) is 0. The average Bonchev–Trinajstić information content (AvgIpc) is 2.48. The van der Waals surface area contributed by atoms with E-state index in [4.69, 9.17) is 11.6 Å². The highest BCUT2D eigenvalue weighted by Gasteiger charge is 2.04. The van der Waals surface area contributed by atoms with E-state index < -0.39 is 0 Å². The zero-order valence-electron chi connectivity index (χ0n) is 10.7. The molecule has 0 bridgehead atoms. The molecule has 3 aromatic rings. The first-order valence-corrected chi connectivity index (χ1v) is 7.51. The van der Waals surface area contributed by atoms with E-state index in [0.29, 0.717) is 0 Å². The van der Waals surface area contributed by atoms with Gasteiger partial charge in [-0.05, 0) is 52.6 Å². The molecule has 3 aromatic carbocycles. The van der Waals surface area contributed by atoms with Gasteiger partial charge in [0.25, 0.3) is 0 Å². The summed E-state index contributed by atoms with van der Waals surface area (Å²) in [5, 5.41) is 0.757. The molecule has 98 valence electrons. The van der Waals surface area contributed by atoms with Crippen molar-refractivity contribution in [3.8, 4) is 22.3 Å². The first-order valence-electron chi connectivity index (χ1n) is 6.34. The van der Waals surface area contributed by atoms with Crippen molar-refractivity contribution < 1.29 is 0 Å². The molecule has 2 heteroatoms. The SMILES string of the molecule is Clc1ccc(-c2cc(Br)cc(-c3ccccc3)c2)cc1. The number of benzene rings is 3. The van der Waals surface area contributed by atoms with E-state index >= 15 is 0 Å². The summed E-state index contributed by atoms with van der Waals surface area (Å²) in [6.07, 6.45) is 0. The Morgan fingerprint density at radius 2 is 1.15 bits per heavy atom. The van der Waals surface area contributed by atoms with Crippen molar-refractivity contribution >= 4 is 27.5 Å². The summed E-state index contributed by atoms with van der Waals surface area (Å²) >= 11 is 9.54. The lowest BCUT2D eigenvalue weighted by Gasteiger charge is -2.08. The van der Waals surface area contributed by atoms with Crippen LogP contribution in [0.4, 0.5) is 0 Å². The lowest BCUT2D eigenvalue weighted by molar-refractivity contribution is 1.56. The Bertz CT molecular complexity index is 718. The van der Waals surface area contributed by atoms with Crippen LogP contribution in [0.2, 0.25) is 5.02 Å². The molecule has 0 N–H and O–H groups in total. The van der Waals surface area contributed by atoms with Gasteiger partial charge in [0.1, 0.15) is 0 Å². The second-order valence-electron chi connectivity index (χ2n) is 4.60. The molecule has 0 saturated heterocycles. The van der Waals surface area contributed by atoms with Crippen molar-refractivity contribution in [3.05, 3.63) is 82.3 Å². The minimum absolute atomic E-state index is 0.757. The van der Waals surface area contributed by atoms with Crippen LogP contribution in [0.3, 0.4) is 0 Å². The quantitative estimate of drug-likeness (QED) is 0.502. The molecular formula is C18H12BrCl. The lowest BCUT2D eigenvalue weighted by Crippen LogP contribution is -1.82. The van der Waals surface area contributed by atoms with Crippen LogP contribution in [0.15, 0.2) is 77.3 Å². The molecule has 3 rings (SSSR count). The number of hydrogen-bond donors (Lipinski definition) is 0. The Kier molecular flexibility index (Phi) is 3.90. The summed E-state index contributed by atoms with van der Waals surface area (Å²) in [7, 11) is 0. The van der Waals surface area contributed by atoms with Gasteiger partial charge in [-0.1, -0.05) is 70.0 Å². The van der Waals surface area contributed by atoms with Gasteiger partial charge in [0.05, 0.1) is 0 Å². The van der Waals surface area contributed by atoms with Gasteiger partial charge in [-0.25, -0.2) is 0 Å². The second-order valence-corrected chi connectivity index (χ2v) is 5.95. The minimum Gasteiger partial charge on any atom is -0.0843 e. The highest BCUT2D eigenvalue weighted by molar-refractivity contribution is 9.10. The molecular weight excluding hydrogens is 332 g/mol. The fourth-order valence-corrected chi connectivity index (χ4v) is 2.82.